The summed E-state index contributed by atoms with van der Waals surface area (Å²) >= 11 is 0. The number of nitrogens with one attached hydrogen (secondary N) is 1. The van der Waals surface area contributed by atoms with Crippen LogP contribution in [0.5, 0.6) is 5.75 Å². The Hall–Kier alpha value is -2.89. The summed E-state index contributed by atoms with van der Waals surface area (Å²) in [6.07, 6.45) is 1.34. The standard InChI is InChI=1S/C13H10N2O4/c16-9-4-1-3-8(7-9)15-12(17)11-10(13(18)19)5-2-6-14-11/h1-7,16H,(H,15,17)(H,18,19). The van der Waals surface area contributed by atoms with E-state index in [9.17, 15) is 14.7 Å². The average Bonchev–Trinajstić information content (AvgIpc) is 2.38. The monoisotopic (exact) mass is 258 g/mol. The summed E-state index contributed by atoms with van der Waals surface area (Å²) in [6.45, 7) is 0. The number of carbonyl (C=O) groups is 2. The van der Waals surface area contributed by atoms with Crippen molar-refractivity contribution in [2.24, 2.45) is 0 Å². The maximum atomic E-state index is 11.9. The van der Waals surface area contributed by atoms with Crippen LogP contribution in [0.25, 0.3) is 0 Å². The molecule has 19 heavy (non-hydrogen) atoms. The van der Waals surface area contributed by atoms with Crippen molar-refractivity contribution in [1.29, 1.82) is 0 Å². The van der Waals surface area contributed by atoms with Gasteiger partial charge in [0.1, 0.15) is 11.4 Å². The zero-order valence-corrected chi connectivity index (χ0v) is 9.70. The summed E-state index contributed by atoms with van der Waals surface area (Å²) in [6, 6.07) is 8.67. The van der Waals surface area contributed by atoms with E-state index in [4.69, 9.17) is 5.11 Å². The first-order valence-corrected chi connectivity index (χ1v) is 5.36. The Bertz CT molecular complexity index is 640. The number of rotatable bonds is 3. The molecule has 0 spiro atoms. The predicted octanol–water partition coefficient (Wildman–Crippen LogP) is 1.74. The molecule has 0 aliphatic heterocycles. The van der Waals surface area contributed by atoms with E-state index in [1.54, 1.807) is 12.1 Å². The number of phenols is 1. The van der Waals surface area contributed by atoms with Crippen LogP contribution in [0, 0.1) is 0 Å². The fraction of sp³-hybridized carbons (Fsp3) is 0. The molecule has 0 radical (unpaired) electrons. The van der Waals surface area contributed by atoms with Gasteiger partial charge in [-0.25, -0.2) is 4.79 Å². The lowest BCUT2D eigenvalue weighted by Gasteiger charge is -2.06. The number of benzene rings is 1. The molecule has 1 heterocycles. The van der Waals surface area contributed by atoms with Crippen LogP contribution in [-0.4, -0.2) is 27.1 Å². The van der Waals surface area contributed by atoms with Gasteiger partial charge in [0.2, 0.25) is 0 Å². The molecule has 6 nitrogen and oxygen atoms in total. The quantitative estimate of drug-likeness (QED) is 0.778. The van der Waals surface area contributed by atoms with Crippen LogP contribution >= 0.6 is 0 Å². The minimum absolute atomic E-state index is 0.00252. The summed E-state index contributed by atoms with van der Waals surface area (Å²) in [5, 5.41) is 20.7. The maximum Gasteiger partial charge on any atom is 0.338 e. The molecule has 2 aromatic rings. The Morgan fingerprint density at radius 1 is 1.16 bits per heavy atom. The number of anilines is 1. The Morgan fingerprint density at radius 3 is 2.63 bits per heavy atom. The van der Waals surface area contributed by atoms with Crippen molar-refractivity contribution in [2.45, 2.75) is 0 Å². The molecule has 2 rings (SSSR count). The van der Waals surface area contributed by atoms with E-state index in [0.29, 0.717) is 5.69 Å². The normalized spacial score (nSPS) is 9.89. The number of hydrogen-bond acceptors (Lipinski definition) is 4. The van der Waals surface area contributed by atoms with Crippen LogP contribution in [0.1, 0.15) is 20.8 Å². The predicted molar refractivity (Wildman–Crippen MR) is 67.3 cm³/mol. The Labute approximate surface area is 108 Å². The lowest BCUT2D eigenvalue weighted by Crippen LogP contribution is -2.18. The Balaban J connectivity index is 2.28. The largest absolute Gasteiger partial charge is 0.508 e. The van der Waals surface area contributed by atoms with Gasteiger partial charge >= 0.3 is 5.97 Å². The number of phenolic OH excluding ortho intramolecular Hbond substituents is 1. The molecule has 3 N–H and O–H groups in total. The molecule has 1 amide bonds. The molecule has 0 saturated heterocycles. The van der Waals surface area contributed by atoms with E-state index < -0.39 is 11.9 Å². The fourth-order valence-corrected chi connectivity index (χ4v) is 1.53. The molecule has 0 fully saturated rings. The number of aromatic nitrogens is 1. The number of nitrogens with zero attached hydrogens (tertiary/aromatic N) is 1. The van der Waals surface area contributed by atoms with Crippen LogP contribution in [0.4, 0.5) is 5.69 Å². The minimum atomic E-state index is -1.23. The average molecular weight is 258 g/mol. The molecule has 0 atom stereocenters. The van der Waals surface area contributed by atoms with Gasteiger partial charge in [0.15, 0.2) is 0 Å². The summed E-state index contributed by atoms with van der Waals surface area (Å²) in [5.41, 5.74) is -0.00881. The topological polar surface area (TPSA) is 99.5 Å². The van der Waals surface area contributed by atoms with Crippen molar-refractivity contribution >= 4 is 17.6 Å². The Morgan fingerprint density at radius 2 is 1.95 bits per heavy atom. The zero-order chi connectivity index (χ0) is 13.8. The van der Waals surface area contributed by atoms with Gasteiger partial charge in [0, 0.05) is 18.0 Å². The molecule has 0 aliphatic rings. The third-order valence-electron chi connectivity index (χ3n) is 2.36. The van der Waals surface area contributed by atoms with Crippen LogP contribution < -0.4 is 5.32 Å². The molecule has 0 saturated carbocycles. The van der Waals surface area contributed by atoms with Crippen LogP contribution in [0.15, 0.2) is 42.6 Å². The van der Waals surface area contributed by atoms with E-state index in [1.807, 2.05) is 0 Å². The van der Waals surface area contributed by atoms with Gasteiger partial charge < -0.3 is 15.5 Å². The maximum absolute atomic E-state index is 11.9. The van der Waals surface area contributed by atoms with Gasteiger partial charge in [0.25, 0.3) is 5.91 Å². The van der Waals surface area contributed by atoms with Crippen molar-refractivity contribution in [3.05, 3.63) is 53.9 Å². The highest BCUT2D eigenvalue weighted by Gasteiger charge is 2.17. The van der Waals surface area contributed by atoms with Crippen LogP contribution in [0.3, 0.4) is 0 Å². The molecule has 0 aliphatic carbocycles. The van der Waals surface area contributed by atoms with E-state index in [0.717, 1.165) is 0 Å². The summed E-state index contributed by atoms with van der Waals surface area (Å²) in [4.78, 5) is 26.7. The number of pyridine rings is 1. The highest BCUT2D eigenvalue weighted by atomic mass is 16.4. The van der Waals surface area contributed by atoms with E-state index in [2.05, 4.69) is 10.3 Å². The highest BCUT2D eigenvalue weighted by Crippen LogP contribution is 2.16. The number of aromatic carboxylic acids is 1. The third kappa shape index (κ3) is 2.86. The van der Waals surface area contributed by atoms with Gasteiger partial charge in [-0.2, -0.15) is 0 Å². The number of carboxylic acids is 1. The smallest absolute Gasteiger partial charge is 0.338 e. The Kier molecular flexibility index (Phi) is 3.42. The second kappa shape index (κ2) is 5.18. The molecule has 0 unspecified atom stereocenters. The van der Waals surface area contributed by atoms with Gasteiger partial charge in [-0.1, -0.05) is 6.07 Å². The van der Waals surface area contributed by atoms with Crippen LogP contribution in [-0.2, 0) is 0 Å². The van der Waals surface area contributed by atoms with E-state index in [1.165, 1.54) is 30.5 Å². The van der Waals surface area contributed by atoms with Crippen molar-refractivity contribution < 1.29 is 19.8 Å². The lowest BCUT2D eigenvalue weighted by molar-refractivity contribution is 0.0691. The zero-order valence-electron chi connectivity index (χ0n) is 9.70. The molecule has 1 aromatic carbocycles. The van der Waals surface area contributed by atoms with E-state index >= 15 is 0 Å². The first-order valence-electron chi connectivity index (χ1n) is 5.36. The van der Waals surface area contributed by atoms with Crippen molar-refractivity contribution in [1.82, 2.24) is 4.98 Å². The minimum Gasteiger partial charge on any atom is -0.508 e. The van der Waals surface area contributed by atoms with Crippen molar-refractivity contribution in [3.8, 4) is 5.75 Å². The second-order valence-corrected chi connectivity index (χ2v) is 3.71. The summed E-state index contributed by atoms with van der Waals surface area (Å²) in [5.74, 6) is -1.88. The molecular formula is C13H10N2O4. The number of amides is 1. The van der Waals surface area contributed by atoms with Crippen molar-refractivity contribution in [3.63, 3.8) is 0 Å². The van der Waals surface area contributed by atoms with Gasteiger partial charge in [-0.3, -0.25) is 9.78 Å². The summed E-state index contributed by atoms with van der Waals surface area (Å²) < 4.78 is 0. The number of carboxylic acid groups (broad SMARTS) is 1. The fourth-order valence-electron chi connectivity index (χ4n) is 1.53. The third-order valence-corrected chi connectivity index (χ3v) is 2.36. The lowest BCUT2D eigenvalue weighted by atomic mass is 10.2. The SMILES string of the molecule is O=C(O)c1cccnc1C(=O)Nc1cccc(O)c1. The molecular weight excluding hydrogens is 248 g/mol. The van der Waals surface area contributed by atoms with Crippen LogP contribution in [0.2, 0.25) is 0 Å². The van der Waals surface area contributed by atoms with Gasteiger partial charge in [0.05, 0.1) is 5.56 Å². The number of hydrogen-bond donors (Lipinski definition) is 3. The number of carbonyl (C=O) groups excluding carboxylic acids is 1. The van der Waals surface area contributed by atoms with Gasteiger partial charge in [-0.05, 0) is 24.3 Å². The number of aromatic hydroxyl groups is 1. The van der Waals surface area contributed by atoms with Gasteiger partial charge in [-0.15, -0.1) is 0 Å². The molecule has 0 bridgehead atoms. The second-order valence-electron chi connectivity index (χ2n) is 3.71. The first kappa shape index (κ1) is 12.6. The van der Waals surface area contributed by atoms with E-state index in [-0.39, 0.29) is 17.0 Å². The molecule has 96 valence electrons. The highest BCUT2D eigenvalue weighted by molar-refractivity contribution is 6.09. The first-order chi connectivity index (χ1) is 9.08. The summed E-state index contributed by atoms with van der Waals surface area (Å²) in [7, 11) is 0. The molecule has 6 heteroatoms. The molecule has 1 aromatic heterocycles. The van der Waals surface area contributed by atoms with Crippen molar-refractivity contribution in [2.75, 3.05) is 5.32 Å².